The van der Waals surface area contributed by atoms with Crippen molar-refractivity contribution in [1.29, 1.82) is 0 Å². The molecule has 7 heteroatoms. The van der Waals surface area contributed by atoms with Crippen LogP contribution in [0, 0.1) is 0 Å². The number of hydrogen-bond acceptors (Lipinski definition) is 5. The van der Waals surface area contributed by atoms with Gasteiger partial charge in [-0.1, -0.05) is 25.9 Å². The maximum absolute atomic E-state index is 5.29. The van der Waals surface area contributed by atoms with Crippen molar-refractivity contribution in [1.82, 2.24) is 20.8 Å². The van der Waals surface area contributed by atoms with Gasteiger partial charge in [-0.2, -0.15) is 16.7 Å². The molecule has 0 radical (unpaired) electrons. The van der Waals surface area contributed by atoms with Gasteiger partial charge >= 0.3 is 0 Å². The summed E-state index contributed by atoms with van der Waals surface area (Å²) in [5.41, 5.74) is -0.126. The predicted octanol–water partition coefficient (Wildman–Crippen LogP) is 2.32. The van der Waals surface area contributed by atoms with E-state index in [9.17, 15) is 0 Å². The number of aromatic nitrogens is 2. The molecule has 0 bridgehead atoms. The quantitative estimate of drug-likeness (QED) is 0.653. The lowest BCUT2D eigenvalue weighted by Crippen LogP contribution is -2.43. The Labute approximate surface area is 136 Å². The van der Waals surface area contributed by atoms with Crippen LogP contribution in [0.15, 0.2) is 9.52 Å². The molecule has 1 fully saturated rings. The maximum atomic E-state index is 5.29. The highest BCUT2D eigenvalue weighted by molar-refractivity contribution is 8.00. The van der Waals surface area contributed by atoms with Crippen LogP contribution in [0.25, 0.3) is 0 Å². The lowest BCUT2D eigenvalue weighted by molar-refractivity contribution is 0.318. The summed E-state index contributed by atoms with van der Waals surface area (Å²) in [7, 11) is 1.77. The lowest BCUT2D eigenvalue weighted by Gasteiger charge is -2.24. The summed E-state index contributed by atoms with van der Waals surface area (Å²) < 4.78 is 5.60. The molecule has 2 N–H and O–H groups in total. The number of rotatable bonds is 4. The second kappa shape index (κ2) is 6.89. The number of aliphatic imine (C=N–C) groups is 1. The molecule has 6 nitrogen and oxygen atoms in total. The molecular formula is C15H27N5OS. The summed E-state index contributed by atoms with van der Waals surface area (Å²) in [5.74, 6) is 3.33. The summed E-state index contributed by atoms with van der Waals surface area (Å²) in [6.45, 7) is 9.88. The summed E-state index contributed by atoms with van der Waals surface area (Å²) in [6.07, 6.45) is 2.55. The predicted molar refractivity (Wildman–Crippen MR) is 91.3 cm³/mol. The van der Waals surface area contributed by atoms with Crippen molar-refractivity contribution in [3.05, 3.63) is 11.7 Å². The zero-order valence-corrected chi connectivity index (χ0v) is 15.0. The molecule has 1 aromatic heterocycles. The van der Waals surface area contributed by atoms with Gasteiger partial charge < -0.3 is 15.2 Å². The van der Waals surface area contributed by atoms with Crippen molar-refractivity contribution in [3.8, 4) is 0 Å². The molecule has 1 aromatic rings. The Morgan fingerprint density at radius 1 is 1.41 bits per heavy atom. The molecule has 0 aromatic carbocycles. The first kappa shape index (κ1) is 17.1. The van der Waals surface area contributed by atoms with Crippen LogP contribution in [0.4, 0.5) is 0 Å². The van der Waals surface area contributed by atoms with E-state index in [-0.39, 0.29) is 5.41 Å². The minimum Gasteiger partial charge on any atom is -0.355 e. The number of nitrogens with one attached hydrogen (secondary N) is 2. The van der Waals surface area contributed by atoms with Crippen LogP contribution in [0.3, 0.4) is 0 Å². The first-order valence-electron chi connectivity index (χ1n) is 7.74. The summed E-state index contributed by atoms with van der Waals surface area (Å²) in [6, 6.07) is 0. The Hall–Kier alpha value is -1.24. The largest absolute Gasteiger partial charge is 0.355 e. The Kier molecular flexibility index (Phi) is 5.36. The summed E-state index contributed by atoms with van der Waals surface area (Å²) in [4.78, 5) is 8.66. The van der Waals surface area contributed by atoms with E-state index >= 15 is 0 Å². The van der Waals surface area contributed by atoms with E-state index in [4.69, 9.17) is 4.52 Å². The van der Waals surface area contributed by atoms with Crippen LogP contribution in [-0.4, -0.2) is 40.2 Å². The second-order valence-corrected chi connectivity index (χ2v) is 8.63. The van der Waals surface area contributed by atoms with Gasteiger partial charge in [-0.15, -0.1) is 0 Å². The molecule has 1 aliphatic rings. The molecule has 2 rings (SSSR count). The Morgan fingerprint density at radius 3 is 2.73 bits per heavy atom. The minimum atomic E-state index is -0.126. The Balaban J connectivity index is 1.82. The van der Waals surface area contributed by atoms with Crippen LogP contribution in [-0.2, 0) is 12.0 Å². The van der Waals surface area contributed by atoms with Crippen LogP contribution in [0.5, 0.6) is 0 Å². The zero-order valence-electron chi connectivity index (χ0n) is 14.2. The fraction of sp³-hybridized carbons (Fsp3) is 0.800. The molecule has 0 amide bonds. The van der Waals surface area contributed by atoms with E-state index in [1.165, 1.54) is 18.6 Å². The molecule has 1 atom stereocenters. The third kappa shape index (κ3) is 4.63. The van der Waals surface area contributed by atoms with Crippen molar-refractivity contribution >= 4 is 17.7 Å². The van der Waals surface area contributed by atoms with Gasteiger partial charge in [-0.25, -0.2) is 0 Å². The zero-order chi connectivity index (χ0) is 16.2. The smallest absolute Gasteiger partial charge is 0.232 e. The van der Waals surface area contributed by atoms with Crippen molar-refractivity contribution in [2.24, 2.45) is 4.99 Å². The highest BCUT2D eigenvalue weighted by Gasteiger charge is 2.29. The fourth-order valence-electron chi connectivity index (χ4n) is 2.26. The van der Waals surface area contributed by atoms with E-state index < -0.39 is 0 Å². The molecule has 0 saturated carbocycles. The number of nitrogens with zero attached hydrogens (tertiary/aromatic N) is 3. The Bertz CT molecular complexity index is 514. The average molecular weight is 325 g/mol. The lowest BCUT2D eigenvalue weighted by atomic mass is 9.97. The van der Waals surface area contributed by atoms with Crippen molar-refractivity contribution in [2.75, 3.05) is 19.3 Å². The second-order valence-electron chi connectivity index (χ2n) is 6.95. The molecule has 22 heavy (non-hydrogen) atoms. The van der Waals surface area contributed by atoms with Crippen LogP contribution >= 0.6 is 11.8 Å². The average Bonchev–Trinajstić information content (AvgIpc) is 3.08. The van der Waals surface area contributed by atoms with Crippen molar-refractivity contribution in [3.63, 3.8) is 0 Å². The molecule has 2 heterocycles. The molecule has 1 saturated heterocycles. The van der Waals surface area contributed by atoms with Gasteiger partial charge in [0.25, 0.3) is 0 Å². The monoisotopic (exact) mass is 325 g/mol. The molecule has 1 aliphatic heterocycles. The minimum absolute atomic E-state index is 0.126. The van der Waals surface area contributed by atoms with Gasteiger partial charge in [0.05, 0.1) is 6.54 Å². The molecule has 1 unspecified atom stereocenters. The van der Waals surface area contributed by atoms with E-state index in [0.29, 0.717) is 23.0 Å². The van der Waals surface area contributed by atoms with E-state index in [0.717, 1.165) is 12.5 Å². The Morgan fingerprint density at radius 2 is 2.18 bits per heavy atom. The third-order valence-corrected chi connectivity index (χ3v) is 5.22. The van der Waals surface area contributed by atoms with Gasteiger partial charge in [0.2, 0.25) is 5.89 Å². The van der Waals surface area contributed by atoms with E-state index in [1.807, 2.05) is 11.8 Å². The topological polar surface area (TPSA) is 75.3 Å². The fourth-order valence-corrected chi connectivity index (χ4v) is 3.51. The van der Waals surface area contributed by atoms with Crippen LogP contribution in [0.1, 0.15) is 52.3 Å². The van der Waals surface area contributed by atoms with Crippen molar-refractivity contribution < 1.29 is 4.52 Å². The van der Waals surface area contributed by atoms with Gasteiger partial charge in [0.1, 0.15) is 0 Å². The van der Waals surface area contributed by atoms with Gasteiger partial charge in [0, 0.05) is 23.8 Å². The normalized spacial score (nSPS) is 22.9. The number of guanidine groups is 1. The van der Waals surface area contributed by atoms with Crippen LogP contribution < -0.4 is 10.6 Å². The van der Waals surface area contributed by atoms with Gasteiger partial charge in [-0.3, -0.25) is 4.99 Å². The van der Waals surface area contributed by atoms with Gasteiger partial charge in [0.15, 0.2) is 11.8 Å². The molecule has 124 valence electrons. The summed E-state index contributed by atoms with van der Waals surface area (Å²) in [5, 5.41) is 10.6. The molecule has 0 aliphatic carbocycles. The van der Waals surface area contributed by atoms with Crippen molar-refractivity contribution in [2.45, 2.75) is 57.2 Å². The van der Waals surface area contributed by atoms with E-state index in [1.54, 1.807) is 7.05 Å². The highest BCUT2D eigenvalue weighted by Crippen LogP contribution is 2.36. The van der Waals surface area contributed by atoms with E-state index in [2.05, 4.69) is 53.5 Å². The molecular weight excluding hydrogens is 298 g/mol. The third-order valence-electron chi connectivity index (χ3n) is 3.68. The molecule has 0 spiro atoms. The van der Waals surface area contributed by atoms with Crippen LogP contribution in [0.2, 0.25) is 0 Å². The summed E-state index contributed by atoms with van der Waals surface area (Å²) >= 11 is 2.03. The maximum Gasteiger partial charge on any atom is 0.232 e. The van der Waals surface area contributed by atoms with Gasteiger partial charge in [-0.05, 0) is 25.5 Å². The number of hydrogen-bond donors (Lipinski definition) is 2. The standard InChI is InChI=1S/C15H27N5OS/c1-14(2,3)12-19-11(20-21-12)9-17-13(16-5)18-10-15(4)7-6-8-22-15/h6-10H2,1-5H3,(H2,16,17,18). The SMILES string of the molecule is CN=C(NCc1noc(C(C)(C)C)n1)NCC1(C)CCCS1. The first-order valence-corrected chi connectivity index (χ1v) is 8.72. The number of thioether (sulfide) groups is 1. The highest BCUT2D eigenvalue weighted by atomic mass is 32.2. The first-order chi connectivity index (χ1) is 10.3.